The van der Waals surface area contributed by atoms with Crippen molar-refractivity contribution in [1.82, 2.24) is 0 Å². The van der Waals surface area contributed by atoms with E-state index in [9.17, 15) is 5.26 Å². The molecule has 0 saturated heterocycles. The minimum Gasteiger partial charge on any atom is -0.454 e. The predicted octanol–water partition coefficient (Wildman–Crippen LogP) is 9.35. The van der Waals surface area contributed by atoms with E-state index in [0.717, 1.165) is 60.7 Å². The third-order valence-corrected chi connectivity index (χ3v) is 8.26. The van der Waals surface area contributed by atoms with Crippen molar-refractivity contribution in [3.8, 4) is 28.5 Å². The Balaban J connectivity index is 1.60. The molecule has 3 nitrogen and oxygen atoms in total. The van der Waals surface area contributed by atoms with Crippen LogP contribution in [-0.4, -0.2) is 0 Å². The van der Waals surface area contributed by atoms with Crippen molar-refractivity contribution in [3.05, 3.63) is 114 Å². The Bertz CT molecular complexity index is 2180. The molecule has 0 N–H and O–H groups in total. The Morgan fingerprint density at radius 2 is 1.40 bits per heavy atom. The van der Waals surface area contributed by atoms with Gasteiger partial charge in [0.15, 0.2) is 6.20 Å². The standard InChI is InChI=1S/C37H29N2O/c1-22(2)26-15-18-33(39(4)21-26)34-23(3)13-16-30-31-17-14-25(20-38)35(37(31)40-36(30)34)32-19-24-9-5-6-10-27(24)28-11-7-8-12-29(28)32/h5-19,21-22H,1-4H3/q+1. The second-order valence-electron chi connectivity index (χ2n) is 11.0. The summed E-state index contributed by atoms with van der Waals surface area (Å²) in [6.07, 6.45) is 2.21. The molecule has 0 aliphatic carbocycles. The molecule has 2 heterocycles. The molecule has 7 aromatic rings. The second-order valence-corrected chi connectivity index (χ2v) is 11.0. The highest BCUT2D eigenvalue weighted by molar-refractivity contribution is 6.19. The predicted molar refractivity (Wildman–Crippen MR) is 164 cm³/mol. The van der Waals surface area contributed by atoms with Crippen molar-refractivity contribution in [3.63, 3.8) is 0 Å². The summed E-state index contributed by atoms with van der Waals surface area (Å²) in [7, 11) is 2.10. The van der Waals surface area contributed by atoms with Crippen LogP contribution in [0, 0.1) is 18.3 Å². The summed E-state index contributed by atoms with van der Waals surface area (Å²) >= 11 is 0. The second kappa shape index (κ2) is 9.07. The number of furan rings is 1. The molecule has 0 saturated carbocycles. The molecule has 0 amide bonds. The molecule has 0 radical (unpaired) electrons. The average Bonchev–Trinajstić information content (AvgIpc) is 3.35. The van der Waals surface area contributed by atoms with Gasteiger partial charge < -0.3 is 4.42 Å². The van der Waals surface area contributed by atoms with E-state index in [2.05, 4.69) is 124 Å². The van der Waals surface area contributed by atoms with Gasteiger partial charge in [0, 0.05) is 28.0 Å². The molecule has 0 aliphatic rings. The number of benzene rings is 5. The van der Waals surface area contributed by atoms with E-state index in [4.69, 9.17) is 4.42 Å². The van der Waals surface area contributed by atoms with Crippen LogP contribution in [0.15, 0.2) is 102 Å². The Kier molecular flexibility index (Phi) is 5.47. The highest BCUT2D eigenvalue weighted by Crippen LogP contribution is 2.44. The van der Waals surface area contributed by atoms with Crippen molar-refractivity contribution < 1.29 is 8.98 Å². The summed E-state index contributed by atoms with van der Waals surface area (Å²) in [6, 6.07) is 34.3. The van der Waals surface area contributed by atoms with E-state index in [1.165, 1.54) is 16.3 Å². The van der Waals surface area contributed by atoms with E-state index in [1.807, 2.05) is 12.1 Å². The fourth-order valence-electron chi connectivity index (χ4n) is 6.17. The quantitative estimate of drug-likeness (QED) is 0.173. The minimum atomic E-state index is 0.451. The minimum absolute atomic E-state index is 0.451. The maximum atomic E-state index is 10.3. The van der Waals surface area contributed by atoms with Crippen LogP contribution in [0.25, 0.3) is 65.9 Å². The summed E-state index contributed by atoms with van der Waals surface area (Å²) in [6.45, 7) is 6.56. The first-order valence-corrected chi connectivity index (χ1v) is 13.8. The van der Waals surface area contributed by atoms with Crippen LogP contribution < -0.4 is 4.57 Å². The molecule has 0 bridgehead atoms. The lowest BCUT2D eigenvalue weighted by Crippen LogP contribution is -2.31. The number of hydrogen-bond donors (Lipinski definition) is 0. The van der Waals surface area contributed by atoms with E-state index in [1.54, 1.807) is 0 Å². The normalized spacial score (nSPS) is 11.7. The lowest BCUT2D eigenvalue weighted by molar-refractivity contribution is -0.660. The first-order chi connectivity index (χ1) is 19.5. The van der Waals surface area contributed by atoms with Gasteiger partial charge in [-0.25, -0.2) is 4.57 Å². The van der Waals surface area contributed by atoms with Gasteiger partial charge in [-0.15, -0.1) is 0 Å². The van der Waals surface area contributed by atoms with E-state index >= 15 is 0 Å². The maximum absolute atomic E-state index is 10.3. The topological polar surface area (TPSA) is 40.8 Å². The van der Waals surface area contributed by atoms with Crippen molar-refractivity contribution in [1.29, 1.82) is 5.26 Å². The van der Waals surface area contributed by atoms with Crippen molar-refractivity contribution in [2.24, 2.45) is 7.05 Å². The molecular weight excluding hydrogens is 488 g/mol. The molecule has 40 heavy (non-hydrogen) atoms. The number of nitrogens with zero attached hydrogens (tertiary/aromatic N) is 2. The van der Waals surface area contributed by atoms with Crippen LogP contribution in [0.1, 0.15) is 36.5 Å². The molecule has 192 valence electrons. The number of aromatic nitrogens is 1. The van der Waals surface area contributed by atoms with Gasteiger partial charge in [-0.2, -0.15) is 5.26 Å². The Hall–Kier alpha value is -4.94. The summed E-state index contributed by atoms with van der Waals surface area (Å²) < 4.78 is 9.07. The van der Waals surface area contributed by atoms with Crippen molar-refractivity contribution in [2.75, 3.05) is 0 Å². The van der Waals surface area contributed by atoms with Gasteiger partial charge in [-0.3, -0.25) is 0 Å². The molecule has 0 spiro atoms. The van der Waals surface area contributed by atoms with Crippen LogP contribution in [-0.2, 0) is 7.05 Å². The van der Waals surface area contributed by atoms with Gasteiger partial charge in [0.05, 0.1) is 17.2 Å². The third kappa shape index (κ3) is 3.53. The molecule has 2 aromatic heterocycles. The zero-order chi connectivity index (χ0) is 27.5. The van der Waals surface area contributed by atoms with Gasteiger partial charge in [-0.1, -0.05) is 74.5 Å². The largest absolute Gasteiger partial charge is 0.454 e. The van der Waals surface area contributed by atoms with Crippen molar-refractivity contribution >= 4 is 43.5 Å². The molecule has 3 heteroatoms. The van der Waals surface area contributed by atoms with Crippen LogP contribution in [0.4, 0.5) is 0 Å². The van der Waals surface area contributed by atoms with Crippen molar-refractivity contribution in [2.45, 2.75) is 26.7 Å². The number of fused-ring (bicyclic) bond motifs is 6. The summed E-state index contributed by atoms with van der Waals surface area (Å²) in [5.41, 5.74) is 8.71. The van der Waals surface area contributed by atoms with E-state index in [0.29, 0.717) is 11.5 Å². The fourth-order valence-corrected chi connectivity index (χ4v) is 6.17. The first-order valence-electron chi connectivity index (χ1n) is 13.8. The van der Waals surface area contributed by atoms with E-state index in [-0.39, 0.29) is 0 Å². The SMILES string of the molecule is Cc1ccc2c(oc3c(-c4cc5ccccc5c5ccccc45)c(C#N)ccc32)c1-c1ccc(C(C)C)c[n+]1C. The molecule has 0 atom stereocenters. The van der Waals surface area contributed by atoms with Crippen LogP contribution in [0.2, 0.25) is 0 Å². The van der Waals surface area contributed by atoms with Gasteiger partial charge in [0.25, 0.3) is 0 Å². The average molecular weight is 518 g/mol. The van der Waals surface area contributed by atoms with Gasteiger partial charge in [0.1, 0.15) is 18.2 Å². The molecule has 0 unspecified atom stereocenters. The lowest BCUT2D eigenvalue weighted by Gasteiger charge is -2.12. The molecule has 5 aromatic carbocycles. The van der Waals surface area contributed by atoms with Crippen LogP contribution in [0.5, 0.6) is 0 Å². The summed E-state index contributed by atoms with van der Waals surface area (Å²) in [4.78, 5) is 0. The summed E-state index contributed by atoms with van der Waals surface area (Å²) in [5, 5.41) is 17.0. The molecule has 7 rings (SSSR count). The third-order valence-electron chi connectivity index (χ3n) is 8.26. The number of aryl methyl sites for hydroxylation is 2. The molecule has 0 aliphatic heterocycles. The number of hydrogen-bond acceptors (Lipinski definition) is 2. The van der Waals surface area contributed by atoms with Crippen LogP contribution in [0.3, 0.4) is 0 Å². The monoisotopic (exact) mass is 517 g/mol. The number of pyridine rings is 1. The summed E-state index contributed by atoms with van der Waals surface area (Å²) in [5.74, 6) is 0.451. The lowest BCUT2D eigenvalue weighted by atomic mass is 9.90. The smallest absolute Gasteiger partial charge is 0.216 e. The Labute approximate surface area is 233 Å². The number of nitriles is 1. The highest BCUT2D eigenvalue weighted by atomic mass is 16.3. The highest BCUT2D eigenvalue weighted by Gasteiger charge is 2.24. The maximum Gasteiger partial charge on any atom is 0.216 e. The van der Waals surface area contributed by atoms with E-state index < -0.39 is 0 Å². The van der Waals surface area contributed by atoms with Gasteiger partial charge in [0.2, 0.25) is 5.69 Å². The first kappa shape index (κ1) is 24.1. The number of rotatable bonds is 3. The van der Waals surface area contributed by atoms with Crippen LogP contribution >= 0.6 is 0 Å². The zero-order valence-corrected chi connectivity index (χ0v) is 23.1. The fraction of sp³-hybridized carbons (Fsp3) is 0.135. The van der Waals surface area contributed by atoms with Gasteiger partial charge in [-0.05, 0) is 69.8 Å². The molecule has 0 fully saturated rings. The van der Waals surface area contributed by atoms with Gasteiger partial charge >= 0.3 is 0 Å². The zero-order valence-electron chi connectivity index (χ0n) is 23.1. The molecular formula is C37H29N2O+. The Morgan fingerprint density at radius 3 is 2.12 bits per heavy atom. The Morgan fingerprint density at radius 1 is 0.725 bits per heavy atom.